The summed E-state index contributed by atoms with van der Waals surface area (Å²) in [7, 11) is 0. The predicted molar refractivity (Wildman–Crippen MR) is 86.4 cm³/mol. The van der Waals surface area contributed by atoms with Gasteiger partial charge >= 0.3 is 0 Å². The smallest absolute Gasteiger partial charge is 0.279 e. The average molecular weight is 354 g/mol. The summed E-state index contributed by atoms with van der Waals surface area (Å²) < 4.78 is 5.43. The minimum Gasteiger partial charge on any atom is -0.479 e. The first kappa shape index (κ1) is 17.1. The maximum Gasteiger partial charge on any atom is 0.279 e. The summed E-state index contributed by atoms with van der Waals surface area (Å²) in [4.78, 5) is 27.5. The maximum atomic E-state index is 11.9. The molecule has 2 N–H and O–H groups in total. The third kappa shape index (κ3) is 4.58. The van der Waals surface area contributed by atoms with Crippen LogP contribution in [0.3, 0.4) is 0 Å². The molecular weight excluding hydrogens is 341 g/mol. The minimum atomic E-state index is -0.889. The molecule has 2 aromatic rings. The van der Waals surface area contributed by atoms with E-state index in [1.165, 1.54) is 13.1 Å². The van der Waals surface area contributed by atoms with E-state index >= 15 is 0 Å². The van der Waals surface area contributed by atoms with Gasteiger partial charge in [0.2, 0.25) is 0 Å². The molecule has 1 aromatic heterocycles. The average Bonchev–Trinajstić information content (AvgIpc) is 2.57. The van der Waals surface area contributed by atoms with Crippen molar-refractivity contribution in [3.05, 3.63) is 58.3 Å². The first-order valence-corrected chi connectivity index (χ1v) is 7.35. The lowest BCUT2D eigenvalue weighted by Crippen LogP contribution is -2.47. The van der Waals surface area contributed by atoms with Crippen molar-refractivity contribution in [3.63, 3.8) is 0 Å². The van der Waals surface area contributed by atoms with Crippen LogP contribution in [-0.4, -0.2) is 22.9 Å². The molecule has 120 valence electrons. The van der Waals surface area contributed by atoms with Crippen molar-refractivity contribution < 1.29 is 14.3 Å². The molecule has 0 aliphatic rings. The predicted octanol–water partition coefficient (Wildman–Crippen LogP) is 2.62. The number of carbonyl (C=O) groups is 2. The SMILES string of the molecule is CC(Oc1cccc(Cl)c1Cl)C(=O)NNC(=O)c1cccnc1. The number of rotatable bonds is 4. The zero-order valence-corrected chi connectivity index (χ0v) is 13.6. The molecule has 0 radical (unpaired) electrons. The number of hydrogen-bond acceptors (Lipinski definition) is 4. The van der Waals surface area contributed by atoms with E-state index in [0.717, 1.165) is 0 Å². The fourth-order valence-electron chi connectivity index (χ4n) is 1.61. The zero-order chi connectivity index (χ0) is 16.8. The largest absolute Gasteiger partial charge is 0.479 e. The van der Waals surface area contributed by atoms with Gasteiger partial charge < -0.3 is 4.74 Å². The molecule has 1 atom stereocenters. The third-order valence-corrected chi connectivity index (χ3v) is 3.61. The molecule has 2 rings (SSSR count). The molecule has 2 amide bonds. The van der Waals surface area contributed by atoms with Crippen LogP contribution in [-0.2, 0) is 4.79 Å². The highest BCUT2D eigenvalue weighted by molar-refractivity contribution is 6.42. The van der Waals surface area contributed by atoms with E-state index < -0.39 is 17.9 Å². The Kier molecular flexibility index (Phi) is 5.78. The standard InChI is InChI=1S/C15H13Cl2N3O3/c1-9(23-12-6-2-5-11(16)13(12)17)14(21)19-20-15(22)10-4-3-7-18-8-10/h2-9H,1H3,(H,19,21)(H,20,22). The van der Waals surface area contributed by atoms with Crippen molar-refractivity contribution in [2.75, 3.05) is 0 Å². The molecule has 0 spiro atoms. The summed E-state index contributed by atoms with van der Waals surface area (Å²) in [6.07, 6.45) is 2.04. The monoisotopic (exact) mass is 353 g/mol. The minimum absolute atomic E-state index is 0.216. The van der Waals surface area contributed by atoms with Gasteiger partial charge in [-0.05, 0) is 31.2 Å². The van der Waals surface area contributed by atoms with Gasteiger partial charge in [-0.25, -0.2) is 0 Å². The molecule has 0 aliphatic carbocycles. The number of nitrogens with one attached hydrogen (secondary N) is 2. The zero-order valence-electron chi connectivity index (χ0n) is 12.0. The van der Waals surface area contributed by atoms with E-state index in [-0.39, 0.29) is 10.8 Å². The second kappa shape index (κ2) is 7.80. The van der Waals surface area contributed by atoms with Crippen LogP contribution in [0.1, 0.15) is 17.3 Å². The second-order valence-electron chi connectivity index (χ2n) is 4.50. The van der Waals surface area contributed by atoms with Crippen molar-refractivity contribution in [2.24, 2.45) is 0 Å². The highest BCUT2D eigenvalue weighted by Crippen LogP contribution is 2.31. The van der Waals surface area contributed by atoms with Crippen LogP contribution in [0, 0.1) is 0 Å². The number of hydrazine groups is 1. The van der Waals surface area contributed by atoms with E-state index in [1.54, 1.807) is 36.5 Å². The van der Waals surface area contributed by atoms with Crippen LogP contribution in [0.4, 0.5) is 0 Å². The van der Waals surface area contributed by atoms with Crippen molar-refractivity contribution in [1.29, 1.82) is 0 Å². The van der Waals surface area contributed by atoms with Gasteiger partial charge in [0, 0.05) is 12.4 Å². The Labute approximate surface area is 142 Å². The number of nitrogens with zero attached hydrogens (tertiary/aromatic N) is 1. The highest BCUT2D eigenvalue weighted by atomic mass is 35.5. The molecular formula is C15H13Cl2N3O3. The Bertz CT molecular complexity index is 710. The number of benzene rings is 1. The lowest BCUT2D eigenvalue weighted by Gasteiger charge is -2.16. The van der Waals surface area contributed by atoms with Crippen LogP contribution >= 0.6 is 23.2 Å². The first-order valence-electron chi connectivity index (χ1n) is 6.60. The molecule has 0 aliphatic heterocycles. The van der Waals surface area contributed by atoms with E-state index in [2.05, 4.69) is 15.8 Å². The van der Waals surface area contributed by atoms with Gasteiger partial charge in [0.05, 0.1) is 10.6 Å². The molecule has 23 heavy (non-hydrogen) atoms. The summed E-state index contributed by atoms with van der Waals surface area (Å²) in [6, 6.07) is 8.03. The molecule has 8 heteroatoms. The Morgan fingerprint density at radius 3 is 2.65 bits per heavy atom. The summed E-state index contributed by atoms with van der Waals surface area (Å²) in [6.45, 7) is 1.52. The molecule has 1 unspecified atom stereocenters. The van der Waals surface area contributed by atoms with Crippen LogP contribution in [0.2, 0.25) is 10.0 Å². The highest BCUT2D eigenvalue weighted by Gasteiger charge is 2.17. The molecule has 1 aromatic carbocycles. The van der Waals surface area contributed by atoms with Gasteiger partial charge in [0.1, 0.15) is 10.8 Å². The van der Waals surface area contributed by atoms with Crippen molar-refractivity contribution in [2.45, 2.75) is 13.0 Å². The summed E-state index contributed by atoms with van der Waals surface area (Å²) >= 11 is 11.9. The van der Waals surface area contributed by atoms with Crippen molar-refractivity contribution >= 4 is 35.0 Å². The fourth-order valence-corrected chi connectivity index (χ4v) is 1.94. The van der Waals surface area contributed by atoms with Gasteiger partial charge in [0.25, 0.3) is 11.8 Å². The van der Waals surface area contributed by atoms with Crippen molar-refractivity contribution in [3.8, 4) is 5.75 Å². The van der Waals surface area contributed by atoms with Gasteiger partial charge in [-0.1, -0.05) is 29.3 Å². The number of halogens is 2. The molecule has 0 bridgehead atoms. The summed E-state index contributed by atoms with van der Waals surface area (Å²) in [5.41, 5.74) is 4.86. The Morgan fingerprint density at radius 2 is 1.96 bits per heavy atom. The van der Waals surface area contributed by atoms with E-state index in [1.807, 2.05) is 0 Å². The summed E-state index contributed by atoms with van der Waals surface area (Å²) in [5.74, 6) is -0.752. The quantitative estimate of drug-likeness (QED) is 0.828. The lowest BCUT2D eigenvalue weighted by atomic mass is 10.3. The third-order valence-electron chi connectivity index (χ3n) is 2.81. The van der Waals surface area contributed by atoms with Gasteiger partial charge in [0.15, 0.2) is 6.10 Å². The van der Waals surface area contributed by atoms with Gasteiger partial charge in [-0.2, -0.15) is 0 Å². The van der Waals surface area contributed by atoms with Gasteiger partial charge in [-0.15, -0.1) is 0 Å². The Hall–Kier alpha value is -2.31. The normalized spacial score (nSPS) is 11.4. The number of hydrogen-bond donors (Lipinski definition) is 2. The molecule has 0 saturated heterocycles. The first-order chi connectivity index (χ1) is 11.0. The number of amides is 2. The van der Waals surface area contributed by atoms with E-state index in [9.17, 15) is 9.59 Å². The van der Waals surface area contributed by atoms with Crippen molar-refractivity contribution in [1.82, 2.24) is 15.8 Å². The molecule has 6 nitrogen and oxygen atoms in total. The van der Waals surface area contributed by atoms with E-state index in [4.69, 9.17) is 27.9 Å². The molecule has 1 heterocycles. The molecule has 0 fully saturated rings. The van der Waals surface area contributed by atoms with Gasteiger partial charge in [-0.3, -0.25) is 25.4 Å². The number of ether oxygens (including phenoxy) is 1. The Morgan fingerprint density at radius 1 is 1.17 bits per heavy atom. The molecule has 0 saturated carbocycles. The van der Waals surface area contributed by atoms with Crippen LogP contribution in [0.5, 0.6) is 5.75 Å². The van der Waals surface area contributed by atoms with E-state index in [0.29, 0.717) is 10.6 Å². The number of aromatic nitrogens is 1. The Balaban J connectivity index is 1.90. The van der Waals surface area contributed by atoms with Crippen LogP contribution < -0.4 is 15.6 Å². The number of pyridine rings is 1. The van der Waals surface area contributed by atoms with Crippen LogP contribution in [0.15, 0.2) is 42.7 Å². The second-order valence-corrected chi connectivity index (χ2v) is 5.28. The fraction of sp³-hybridized carbons (Fsp3) is 0.133. The summed E-state index contributed by atoms with van der Waals surface area (Å²) in [5, 5.41) is 0.537. The number of carbonyl (C=O) groups excluding carboxylic acids is 2. The lowest BCUT2D eigenvalue weighted by molar-refractivity contribution is -0.128. The topological polar surface area (TPSA) is 80.3 Å². The maximum absolute atomic E-state index is 11.9. The van der Waals surface area contributed by atoms with Crippen LogP contribution in [0.25, 0.3) is 0 Å².